The van der Waals surface area contributed by atoms with E-state index in [1.165, 1.54) is 0 Å². The van der Waals surface area contributed by atoms with E-state index in [1.807, 2.05) is 0 Å². The molecule has 1 rings (SSSR count). The van der Waals surface area contributed by atoms with Gasteiger partial charge in [0, 0.05) is 19.6 Å². The fourth-order valence-corrected chi connectivity index (χ4v) is 1.71. The highest BCUT2D eigenvalue weighted by molar-refractivity contribution is 5.79. The predicted molar refractivity (Wildman–Crippen MR) is 52.4 cm³/mol. The summed E-state index contributed by atoms with van der Waals surface area (Å²) in [6, 6.07) is 0. The fourth-order valence-electron chi connectivity index (χ4n) is 1.71. The van der Waals surface area contributed by atoms with E-state index >= 15 is 0 Å². The van der Waals surface area contributed by atoms with Gasteiger partial charge in [-0.25, -0.2) is 0 Å². The van der Waals surface area contributed by atoms with E-state index in [-0.39, 0.29) is 6.54 Å². The maximum absolute atomic E-state index is 10.8. The highest BCUT2D eigenvalue weighted by Gasteiger charge is 2.41. The van der Waals surface area contributed by atoms with Crippen LogP contribution in [0.5, 0.6) is 0 Å². The second-order valence-corrected chi connectivity index (χ2v) is 4.19. The number of hydrogen-bond acceptors (Lipinski definition) is 4. The molecule has 1 aliphatic heterocycles. The van der Waals surface area contributed by atoms with Crippen LogP contribution in [0.15, 0.2) is 0 Å². The van der Waals surface area contributed by atoms with E-state index < -0.39 is 23.4 Å². The van der Waals surface area contributed by atoms with Crippen LogP contribution in [0.4, 0.5) is 0 Å². The van der Waals surface area contributed by atoms with Crippen molar-refractivity contribution in [2.45, 2.75) is 18.9 Å². The first-order chi connectivity index (χ1) is 6.85. The quantitative estimate of drug-likeness (QED) is 0.568. The van der Waals surface area contributed by atoms with Gasteiger partial charge in [0.25, 0.3) is 0 Å². The average molecular weight is 216 g/mol. The standard InChI is InChI=1S/C9H16N2O4/c1-6(7(12)13)4-11-3-2-9(10,5-11)8(14)15/h6H,2-5,10H2,1H3,(H,12,13)(H,14,15). The van der Waals surface area contributed by atoms with Gasteiger partial charge >= 0.3 is 11.9 Å². The van der Waals surface area contributed by atoms with E-state index in [2.05, 4.69) is 0 Å². The van der Waals surface area contributed by atoms with Crippen LogP contribution in [0.3, 0.4) is 0 Å². The SMILES string of the molecule is CC(CN1CCC(N)(C(=O)O)C1)C(=O)O. The van der Waals surface area contributed by atoms with Crippen LogP contribution in [0.25, 0.3) is 0 Å². The number of likely N-dealkylation sites (tertiary alicyclic amines) is 1. The third kappa shape index (κ3) is 2.66. The Morgan fingerprint density at radius 3 is 2.53 bits per heavy atom. The van der Waals surface area contributed by atoms with Crippen molar-refractivity contribution in [2.75, 3.05) is 19.6 Å². The summed E-state index contributed by atoms with van der Waals surface area (Å²) in [7, 11) is 0. The van der Waals surface area contributed by atoms with E-state index in [4.69, 9.17) is 15.9 Å². The number of nitrogens with zero attached hydrogens (tertiary/aromatic N) is 1. The molecule has 1 saturated heterocycles. The molecule has 15 heavy (non-hydrogen) atoms. The smallest absolute Gasteiger partial charge is 0.325 e. The highest BCUT2D eigenvalue weighted by atomic mass is 16.4. The molecule has 0 aromatic heterocycles. The molecular weight excluding hydrogens is 200 g/mol. The van der Waals surface area contributed by atoms with Crippen molar-refractivity contribution in [2.24, 2.45) is 11.7 Å². The Kier molecular flexibility index (Phi) is 3.31. The van der Waals surface area contributed by atoms with Gasteiger partial charge in [0.15, 0.2) is 0 Å². The van der Waals surface area contributed by atoms with Gasteiger partial charge < -0.3 is 15.9 Å². The number of aliphatic carboxylic acids is 2. The first-order valence-electron chi connectivity index (χ1n) is 4.82. The molecular formula is C9H16N2O4. The van der Waals surface area contributed by atoms with Crippen molar-refractivity contribution in [1.29, 1.82) is 0 Å². The summed E-state index contributed by atoms with van der Waals surface area (Å²) < 4.78 is 0. The minimum absolute atomic E-state index is 0.222. The Morgan fingerprint density at radius 1 is 1.53 bits per heavy atom. The maximum atomic E-state index is 10.8. The van der Waals surface area contributed by atoms with Crippen LogP contribution in [0.1, 0.15) is 13.3 Å². The zero-order chi connectivity index (χ0) is 11.6. The van der Waals surface area contributed by atoms with Crippen LogP contribution in [0, 0.1) is 5.92 Å². The van der Waals surface area contributed by atoms with Gasteiger partial charge in [0.05, 0.1) is 5.92 Å². The Bertz CT molecular complexity index is 281. The zero-order valence-corrected chi connectivity index (χ0v) is 8.64. The molecule has 0 radical (unpaired) electrons. The number of nitrogens with two attached hydrogens (primary N) is 1. The van der Waals surface area contributed by atoms with Gasteiger partial charge in [-0.15, -0.1) is 0 Å². The minimum atomic E-state index is -1.21. The lowest BCUT2D eigenvalue weighted by molar-refractivity contribution is -0.142. The number of rotatable bonds is 4. The molecule has 0 bridgehead atoms. The van der Waals surface area contributed by atoms with E-state index in [0.29, 0.717) is 19.5 Å². The molecule has 0 aliphatic carbocycles. The summed E-state index contributed by atoms with van der Waals surface area (Å²) in [6.07, 6.45) is 0.370. The largest absolute Gasteiger partial charge is 0.481 e. The predicted octanol–water partition coefficient (Wildman–Crippen LogP) is -0.805. The summed E-state index contributed by atoms with van der Waals surface area (Å²) in [4.78, 5) is 23.2. The summed E-state index contributed by atoms with van der Waals surface area (Å²) in [6.45, 7) is 2.71. The lowest BCUT2D eigenvalue weighted by Gasteiger charge is -2.21. The maximum Gasteiger partial charge on any atom is 0.325 e. The molecule has 2 atom stereocenters. The molecule has 0 spiro atoms. The highest BCUT2D eigenvalue weighted by Crippen LogP contribution is 2.19. The van der Waals surface area contributed by atoms with Crippen LogP contribution in [-0.2, 0) is 9.59 Å². The molecule has 0 aromatic rings. The van der Waals surface area contributed by atoms with Gasteiger partial charge in [-0.05, 0) is 6.42 Å². The van der Waals surface area contributed by atoms with Crippen molar-refractivity contribution in [3.05, 3.63) is 0 Å². The molecule has 1 heterocycles. The molecule has 6 nitrogen and oxygen atoms in total. The van der Waals surface area contributed by atoms with Crippen molar-refractivity contribution in [3.63, 3.8) is 0 Å². The Morgan fingerprint density at radius 2 is 2.13 bits per heavy atom. The molecule has 1 aliphatic rings. The average Bonchev–Trinajstić information content (AvgIpc) is 2.48. The van der Waals surface area contributed by atoms with E-state index in [9.17, 15) is 9.59 Å². The summed E-state index contributed by atoms with van der Waals surface area (Å²) in [5.41, 5.74) is 4.45. The Hall–Kier alpha value is -1.14. The van der Waals surface area contributed by atoms with Crippen LogP contribution >= 0.6 is 0 Å². The summed E-state index contributed by atoms with van der Waals surface area (Å²) in [5, 5.41) is 17.6. The monoisotopic (exact) mass is 216 g/mol. The van der Waals surface area contributed by atoms with Crippen LogP contribution < -0.4 is 5.73 Å². The Labute approximate surface area is 87.7 Å². The van der Waals surface area contributed by atoms with Crippen molar-refractivity contribution < 1.29 is 19.8 Å². The van der Waals surface area contributed by atoms with Gasteiger partial charge in [0.2, 0.25) is 0 Å². The third-order valence-corrected chi connectivity index (χ3v) is 2.76. The minimum Gasteiger partial charge on any atom is -0.481 e. The number of carbonyl (C=O) groups is 2. The summed E-state index contributed by atoms with van der Waals surface area (Å²) >= 11 is 0. The molecule has 0 saturated carbocycles. The molecule has 1 fully saturated rings. The number of hydrogen-bond donors (Lipinski definition) is 3. The second-order valence-electron chi connectivity index (χ2n) is 4.19. The van der Waals surface area contributed by atoms with Gasteiger partial charge in [-0.2, -0.15) is 0 Å². The normalized spacial score (nSPS) is 28.9. The first-order valence-corrected chi connectivity index (χ1v) is 4.82. The van der Waals surface area contributed by atoms with Crippen LogP contribution in [-0.4, -0.2) is 52.2 Å². The molecule has 4 N–H and O–H groups in total. The molecule has 2 unspecified atom stereocenters. The topological polar surface area (TPSA) is 104 Å². The second kappa shape index (κ2) is 4.16. The first kappa shape index (κ1) is 11.9. The lowest BCUT2D eigenvalue weighted by atomic mass is 10.0. The lowest BCUT2D eigenvalue weighted by Crippen LogP contribution is -2.50. The molecule has 6 heteroatoms. The van der Waals surface area contributed by atoms with Gasteiger partial charge in [0.1, 0.15) is 5.54 Å². The zero-order valence-electron chi connectivity index (χ0n) is 8.64. The van der Waals surface area contributed by atoms with Crippen LogP contribution in [0.2, 0.25) is 0 Å². The van der Waals surface area contributed by atoms with E-state index in [1.54, 1.807) is 11.8 Å². The number of carboxylic acid groups (broad SMARTS) is 2. The van der Waals surface area contributed by atoms with Crippen molar-refractivity contribution >= 4 is 11.9 Å². The van der Waals surface area contributed by atoms with Crippen molar-refractivity contribution in [1.82, 2.24) is 4.90 Å². The summed E-state index contributed by atoms with van der Waals surface area (Å²) in [5.74, 6) is -2.39. The fraction of sp³-hybridized carbons (Fsp3) is 0.778. The molecule has 0 aromatic carbocycles. The number of carboxylic acids is 2. The Balaban J connectivity index is 2.50. The molecule has 0 amide bonds. The van der Waals surface area contributed by atoms with Crippen molar-refractivity contribution in [3.8, 4) is 0 Å². The van der Waals surface area contributed by atoms with Gasteiger partial charge in [-0.3, -0.25) is 14.5 Å². The van der Waals surface area contributed by atoms with Gasteiger partial charge in [-0.1, -0.05) is 6.92 Å². The van der Waals surface area contributed by atoms with E-state index in [0.717, 1.165) is 0 Å². The molecule has 86 valence electrons. The third-order valence-electron chi connectivity index (χ3n) is 2.76.